The van der Waals surface area contributed by atoms with Crippen LogP contribution in [-0.4, -0.2) is 55.2 Å². The molecular formula is C10H21NO3S2. The first-order valence-electron chi connectivity index (χ1n) is 5.58. The molecular weight excluding hydrogens is 246 g/mol. The van der Waals surface area contributed by atoms with Crippen LogP contribution in [0, 0.1) is 0 Å². The highest BCUT2D eigenvalue weighted by Gasteiger charge is 2.27. The van der Waals surface area contributed by atoms with Crippen molar-refractivity contribution in [1.82, 2.24) is 5.32 Å². The average molecular weight is 267 g/mol. The van der Waals surface area contributed by atoms with Crippen LogP contribution in [0.2, 0.25) is 0 Å². The third-order valence-electron chi connectivity index (χ3n) is 3.00. The van der Waals surface area contributed by atoms with E-state index < -0.39 is 9.84 Å². The minimum atomic E-state index is -2.85. The first kappa shape index (κ1) is 14.3. The monoisotopic (exact) mass is 267 g/mol. The summed E-state index contributed by atoms with van der Waals surface area (Å²) in [5.41, 5.74) is 0. The highest BCUT2D eigenvalue weighted by atomic mass is 32.2. The maximum absolute atomic E-state index is 11.5. The second kappa shape index (κ2) is 6.23. The van der Waals surface area contributed by atoms with E-state index in [0.717, 1.165) is 12.8 Å². The number of nitrogens with one attached hydrogen (secondary N) is 1. The van der Waals surface area contributed by atoms with Crippen LogP contribution >= 0.6 is 11.8 Å². The summed E-state index contributed by atoms with van der Waals surface area (Å²) in [6.45, 7) is 2.12. The molecule has 0 aliphatic carbocycles. The molecule has 1 saturated heterocycles. The topological polar surface area (TPSA) is 66.4 Å². The summed E-state index contributed by atoms with van der Waals surface area (Å²) in [4.78, 5) is 0. The van der Waals surface area contributed by atoms with Crippen molar-refractivity contribution in [3.63, 3.8) is 0 Å². The summed E-state index contributed by atoms with van der Waals surface area (Å²) in [7, 11) is -2.85. The number of hydrogen-bond donors (Lipinski definition) is 2. The lowest BCUT2D eigenvalue weighted by Gasteiger charge is -2.29. The summed E-state index contributed by atoms with van der Waals surface area (Å²) in [6, 6.07) is 0.188. The SMILES string of the molecule is CSC(CO)C(C)NC1CCCS(=O)(=O)C1. The molecule has 6 heteroatoms. The molecule has 0 spiro atoms. The van der Waals surface area contributed by atoms with Crippen molar-refractivity contribution in [3.05, 3.63) is 0 Å². The van der Waals surface area contributed by atoms with Crippen molar-refractivity contribution in [1.29, 1.82) is 0 Å². The van der Waals surface area contributed by atoms with Crippen molar-refractivity contribution in [2.45, 2.75) is 37.1 Å². The lowest BCUT2D eigenvalue weighted by atomic mass is 10.1. The largest absolute Gasteiger partial charge is 0.395 e. The first-order valence-corrected chi connectivity index (χ1v) is 8.69. The van der Waals surface area contributed by atoms with E-state index >= 15 is 0 Å². The van der Waals surface area contributed by atoms with Gasteiger partial charge in [-0.25, -0.2) is 8.42 Å². The molecule has 4 nitrogen and oxygen atoms in total. The molecule has 96 valence electrons. The molecule has 0 aromatic carbocycles. The van der Waals surface area contributed by atoms with Crippen LogP contribution in [0.15, 0.2) is 0 Å². The van der Waals surface area contributed by atoms with Gasteiger partial charge < -0.3 is 10.4 Å². The van der Waals surface area contributed by atoms with Crippen molar-refractivity contribution < 1.29 is 13.5 Å². The summed E-state index contributed by atoms with van der Waals surface area (Å²) in [5, 5.41) is 12.6. The number of aliphatic hydroxyl groups excluding tert-OH is 1. The van der Waals surface area contributed by atoms with Crippen LogP contribution in [0.25, 0.3) is 0 Å². The zero-order chi connectivity index (χ0) is 12.2. The molecule has 1 rings (SSSR count). The second-order valence-corrected chi connectivity index (χ2v) is 7.67. The average Bonchev–Trinajstić information content (AvgIpc) is 2.17. The minimum Gasteiger partial charge on any atom is -0.395 e. The standard InChI is InChI=1S/C10H21NO3S2/c1-8(10(6-12)15-2)11-9-4-3-5-16(13,14)7-9/h8-12H,3-7H2,1-2H3. The van der Waals surface area contributed by atoms with Crippen LogP contribution in [0.1, 0.15) is 19.8 Å². The summed E-state index contributed by atoms with van der Waals surface area (Å²) in [6.07, 6.45) is 3.61. The van der Waals surface area contributed by atoms with Crippen LogP contribution in [-0.2, 0) is 9.84 Å². The molecule has 1 aliphatic rings. The van der Waals surface area contributed by atoms with Gasteiger partial charge >= 0.3 is 0 Å². The molecule has 2 N–H and O–H groups in total. The molecule has 16 heavy (non-hydrogen) atoms. The molecule has 3 unspecified atom stereocenters. The predicted molar refractivity (Wildman–Crippen MR) is 68.7 cm³/mol. The fourth-order valence-electron chi connectivity index (χ4n) is 2.07. The van der Waals surface area contributed by atoms with Gasteiger partial charge in [0.15, 0.2) is 9.84 Å². The highest BCUT2D eigenvalue weighted by Crippen LogP contribution is 2.16. The maximum atomic E-state index is 11.5. The van der Waals surface area contributed by atoms with Gasteiger partial charge in [-0.15, -0.1) is 0 Å². The predicted octanol–water partition coefficient (Wildman–Crippen LogP) is 0.266. The quantitative estimate of drug-likeness (QED) is 0.748. The van der Waals surface area contributed by atoms with Crippen molar-refractivity contribution >= 4 is 21.6 Å². The van der Waals surface area contributed by atoms with Crippen LogP contribution < -0.4 is 5.32 Å². The van der Waals surface area contributed by atoms with Gasteiger partial charge in [-0.1, -0.05) is 0 Å². The number of aliphatic hydroxyl groups is 1. The summed E-state index contributed by atoms with van der Waals surface area (Å²) >= 11 is 1.60. The summed E-state index contributed by atoms with van der Waals surface area (Å²) < 4.78 is 22.9. The minimum absolute atomic E-state index is 0.0509. The van der Waals surface area contributed by atoms with Crippen LogP contribution in [0.5, 0.6) is 0 Å². The Morgan fingerprint density at radius 3 is 2.75 bits per heavy atom. The number of thioether (sulfide) groups is 1. The third kappa shape index (κ3) is 4.24. The van der Waals surface area contributed by atoms with E-state index in [1.165, 1.54) is 0 Å². The number of sulfone groups is 1. The van der Waals surface area contributed by atoms with Gasteiger partial charge in [0.25, 0.3) is 0 Å². The van der Waals surface area contributed by atoms with Crippen LogP contribution in [0.3, 0.4) is 0 Å². The second-order valence-electron chi connectivity index (χ2n) is 4.37. The molecule has 1 aliphatic heterocycles. The molecule has 1 heterocycles. The van der Waals surface area contributed by atoms with E-state index in [1.807, 2.05) is 13.2 Å². The first-order chi connectivity index (χ1) is 7.48. The van der Waals surface area contributed by atoms with E-state index in [2.05, 4.69) is 5.32 Å². The van der Waals surface area contributed by atoms with Gasteiger partial charge in [0.2, 0.25) is 0 Å². The molecule has 0 aromatic rings. The lowest BCUT2D eigenvalue weighted by molar-refractivity contribution is 0.270. The molecule has 0 radical (unpaired) electrons. The smallest absolute Gasteiger partial charge is 0.151 e. The van der Waals surface area contributed by atoms with Crippen molar-refractivity contribution in [2.75, 3.05) is 24.4 Å². The van der Waals surface area contributed by atoms with Gasteiger partial charge in [-0.3, -0.25) is 0 Å². The summed E-state index contributed by atoms with van der Waals surface area (Å²) in [5.74, 6) is 0.565. The zero-order valence-electron chi connectivity index (χ0n) is 9.85. The Bertz CT molecular complexity index is 301. The fourth-order valence-corrected chi connectivity index (χ4v) is 4.36. The Morgan fingerprint density at radius 1 is 1.56 bits per heavy atom. The van der Waals surface area contributed by atoms with Gasteiger partial charge in [-0.05, 0) is 26.0 Å². The van der Waals surface area contributed by atoms with Crippen molar-refractivity contribution in [3.8, 4) is 0 Å². The van der Waals surface area contributed by atoms with E-state index in [0.29, 0.717) is 5.75 Å². The Labute approximate surface area is 102 Å². The number of hydrogen-bond acceptors (Lipinski definition) is 5. The maximum Gasteiger partial charge on any atom is 0.151 e. The van der Waals surface area contributed by atoms with Crippen molar-refractivity contribution in [2.24, 2.45) is 0 Å². The van der Waals surface area contributed by atoms with Gasteiger partial charge in [0, 0.05) is 17.3 Å². The molecule has 0 saturated carbocycles. The molecule has 0 aromatic heterocycles. The Kier molecular flexibility index (Phi) is 5.56. The molecule has 1 fully saturated rings. The molecule has 0 bridgehead atoms. The van der Waals surface area contributed by atoms with Gasteiger partial charge in [0.05, 0.1) is 18.1 Å². The highest BCUT2D eigenvalue weighted by molar-refractivity contribution is 7.99. The third-order valence-corrected chi connectivity index (χ3v) is 5.99. The molecule has 0 amide bonds. The van der Waals surface area contributed by atoms with Gasteiger partial charge in [0.1, 0.15) is 0 Å². The zero-order valence-corrected chi connectivity index (χ0v) is 11.5. The van der Waals surface area contributed by atoms with Gasteiger partial charge in [-0.2, -0.15) is 11.8 Å². The van der Waals surface area contributed by atoms with E-state index in [4.69, 9.17) is 5.11 Å². The Morgan fingerprint density at radius 2 is 2.25 bits per heavy atom. The van der Waals surface area contributed by atoms with E-state index in [-0.39, 0.29) is 29.7 Å². The van der Waals surface area contributed by atoms with E-state index in [9.17, 15) is 8.42 Å². The number of rotatable bonds is 5. The fraction of sp³-hybridized carbons (Fsp3) is 1.00. The molecule has 3 atom stereocenters. The Hall–Kier alpha value is 0.220. The normalized spacial score (nSPS) is 28.6. The Balaban J connectivity index is 2.47. The lowest BCUT2D eigenvalue weighted by Crippen LogP contribution is -2.48. The van der Waals surface area contributed by atoms with E-state index in [1.54, 1.807) is 11.8 Å². The van der Waals surface area contributed by atoms with Crippen LogP contribution in [0.4, 0.5) is 0 Å².